The standard InChI is InChI=1S/C16H17BrClNO3S/c1-10-4-7-16(14(18)8-10)23(20,21)19-11(2)12-5-6-15(22-3)13(17)9-12/h4-9,11,19H,1-3H3. The Morgan fingerprint density at radius 1 is 1.22 bits per heavy atom. The van der Waals surface area contributed by atoms with E-state index in [1.807, 2.05) is 19.1 Å². The fourth-order valence-electron chi connectivity index (χ4n) is 2.14. The van der Waals surface area contributed by atoms with Crippen LogP contribution in [0.3, 0.4) is 0 Å². The van der Waals surface area contributed by atoms with Gasteiger partial charge in [0.25, 0.3) is 0 Å². The quantitative estimate of drug-likeness (QED) is 0.780. The highest BCUT2D eigenvalue weighted by Gasteiger charge is 2.21. The van der Waals surface area contributed by atoms with Crippen molar-refractivity contribution in [3.63, 3.8) is 0 Å². The van der Waals surface area contributed by atoms with E-state index in [1.54, 1.807) is 32.2 Å². The average molecular weight is 419 g/mol. The molecule has 4 nitrogen and oxygen atoms in total. The molecule has 0 aliphatic heterocycles. The van der Waals surface area contributed by atoms with E-state index in [0.717, 1.165) is 15.6 Å². The minimum absolute atomic E-state index is 0.0733. The highest BCUT2D eigenvalue weighted by molar-refractivity contribution is 9.10. The van der Waals surface area contributed by atoms with Crippen molar-refractivity contribution in [3.8, 4) is 5.75 Å². The number of rotatable bonds is 5. The van der Waals surface area contributed by atoms with Crippen LogP contribution in [0.15, 0.2) is 45.8 Å². The Bertz CT molecular complexity index is 824. The molecular formula is C16H17BrClNO3S. The van der Waals surface area contributed by atoms with E-state index in [1.165, 1.54) is 6.07 Å². The average Bonchev–Trinajstić information content (AvgIpc) is 2.46. The third kappa shape index (κ3) is 4.26. The lowest BCUT2D eigenvalue weighted by molar-refractivity contribution is 0.412. The number of benzene rings is 2. The Kier molecular flexibility index (Phi) is 5.73. The lowest BCUT2D eigenvalue weighted by atomic mass is 10.1. The van der Waals surface area contributed by atoms with Crippen LogP contribution in [0, 0.1) is 6.92 Å². The van der Waals surface area contributed by atoms with Crippen molar-refractivity contribution in [2.24, 2.45) is 0 Å². The second-order valence-corrected chi connectivity index (χ2v) is 8.11. The molecular weight excluding hydrogens is 402 g/mol. The SMILES string of the molecule is COc1ccc(C(C)NS(=O)(=O)c2ccc(C)cc2Cl)cc1Br. The molecule has 124 valence electrons. The highest BCUT2D eigenvalue weighted by atomic mass is 79.9. The van der Waals surface area contributed by atoms with Crippen LogP contribution >= 0.6 is 27.5 Å². The fraction of sp³-hybridized carbons (Fsp3) is 0.250. The van der Waals surface area contributed by atoms with Gasteiger partial charge in [0.15, 0.2) is 0 Å². The van der Waals surface area contributed by atoms with Gasteiger partial charge in [-0.05, 0) is 65.2 Å². The van der Waals surface area contributed by atoms with Crippen LogP contribution in [0.1, 0.15) is 24.1 Å². The third-order valence-corrected chi connectivity index (χ3v) is 6.03. The molecule has 2 rings (SSSR count). The van der Waals surface area contributed by atoms with E-state index in [9.17, 15) is 8.42 Å². The third-order valence-electron chi connectivity index (χ3n) is 3.38. The van der Waals surface area contributed by atoms with Gasteiger partial charge in [-0.2, -0.15) is 0 Å². The van der Waals surface area contributed by atoms with Gasteiger partial charge >= 0.3 is 0 Å². The van der Waals surface area contributed by atoms with Gasteiger partial charge in [0.05, 0.1) is 16.6 Å². The second-order valence-electron chi connectivity index (χ2n) is 5.17. The normalized spacial score (nSPS) is 12.9. The van der Waals surface area contributed by atoms with Crippen LogP contribution in [0.5, 0.6) is 5.75 Å². The van der Waals surface area contributed by atoms with Crippen LogP contribution in [0.2, 0.25) is 5.02 Å². The van der Waals surface area contributed by atoms with Gasteiger partial charge in [-0.25, -0.2) is 13.1 Å². The van der Waals surface area contributed by atoms with E-state index in [0.29, 0.717) is 5.75 Å². The number of methoxy groups -OCH3 is 1. The molecule has 0 radical (unpaired) electrons. The molecule has 2 aromatic rings. The zero-order valence-corrected chi connectivity index (χ0v) is 16.1. The Morgan fingerprint density at radius 2 is 1.91 bits per heavy atom. The molecule has 0 aromatic heterocycles. The van der Waals surface area contributed by atoms with E-state index in [4.69, 9.17) is 16.3 Å². The maximum absolute atomic E-state index is 12.5. The van der Waals surface area contributed by atoms with Gasteiger partial charge in [-0.3, -0.25) is 0 Å². The molecule has 0 amide bonds. The van der Waals surface area contributed by atoms with Crippen LogP contribution in [-0.4, -0.2) is 15.5 Å². The molecule has 0 spiro atoms. The predicted molar refractivity (Wildman–Crippen MR) is 95.6 cm³/mol. The first kappa shape index (κ1) is 18.3. The van der Waals surface area contributed by atoms with Crippen molar-refractivity contribution < 1.29 is 13.2 Å². The molecule has 1 atom stereocenters. The number of hydrogen-bond acceptors (Lipinski definition) is 3. The molecule has 2 aromatic carbocycles. The number of sulfonamides is 1. The first-order valence-corrected chi connectivity index (χ1v) is 9.52. The summed E-state index contributed by atoms with van der Waals surface area (Å²) >= 11 is 9.46. The molecule has 0 saturated carbocycles. The minimum atomic E-state index is -3.71. The molecule has 7 heteroatoms. The molecule has 23 heavy (non-hydrogen) atoms. The number of halogens is 2. The number of nitrogens with one attached hydrogen (secondary N) is 1. The smallest absolute Gasteiger partial charge is 0.242 e. The summed E-state index contributed by atoms with van der Waals surface area (Å²) in [4.78, 5) is 0.0733. The maximum atomic E-state index is 12.5. The summed E-state index contributed by atoms with van der Waals surface area (Å²) in [6, 6.07) is 9.86. The van der Waals surface area contributed by atoms with Gasteiger partial charge in [0.2, 0.25) is 10.0 Å². The van der Waals surface area contributed by atoms with Crippen molar-refractivity contribution in [2.75, 3.05) is 7.11 Å². The molecule has 1 N–H and O–H groups in total. The van der Waals surface area contributed by atoms with Crippen LogP contribution < -0.4 is 9.46 Å². The largest absolute Gasteiger partial charge is 0.496 e. The predicted octanol–water partition coefficient (Wildman–Crippen LogP) is 4.46. The lowest BCUT2D eigenvalue weighted by Crippen LogP contribution is -2.27. The van der Waals surface area contributed by atoms with Gasteiger partial charge in [-0.15, -0.1) is 0 Å². The summed E-state index contributed by atoms with van der Waals surface area (Å²) in [5, 5.41) is 0.209. The topological polar surface area (TPSA) is 55.4 Å². The van der Waals surface area contributed by atoms with Gasteiger partial charge in [-0.1, -0.05) is 23.7 Å². The van der Waals surface area contributed by atoms with E-state index in [2.05, 4.69) is 20.7 Å². The summed E-state index contributed by atoms with van der Waals surface area (Å²) in [7, 11) is -2.14. The molecule has 0 fully saturated rings. The van der Waals surface area contributed by atoms with Crippen molar-refractivity contribution in [3.05, 3.63) is 57.0 Å². The summed E-state index contributed by atoms with van der Waals surface area (Å²) < 4.78 is 33.6. The number of aryl methyl sites for hydroxylation is 1. The molecule has 0 saturated heterocycles. The lowest BCUT2D eigenvalue weighted by Gasteiger charge is -2.16. The maximum Gasteiger partial charge on any atom is 0.242 e. The Morgan fingerprint density at radius 3 is 2.48 bits per heavy atom. The van der Waals surface area contributed by atoms with Crippen LogP contribution in [-0.2, 0) is 10.0 Å². The van der Waals surface area contributed by atoms with Gasteiger partial charge < -0.3 is 4.74 Å². The second kappa shape index (κ2) is 7.21. The van der Waals surface area contributed by atoms with Crippen molar-refractivity contribution >= 4 is 37.6 Å². The molecule has 1 unspecified atom stereocenters. The zero-order chi connectivity index (χ0) is 17.2. The van der Waals surface area contributed by atoms with Crippen molar-refractivity contribution in [2.45, 2.75) is 24.8 Å². The first-order chi connectivity index (χ1) is 10.7. The minimum Gasteiger partial charge on any atom is -0.496 e. The Labute approximate surface area is 150 Å². The monoisotopic (exact) mass is 417 g/mol. The zero-order valence-electron chi connectivity index (χ0n) is 12.9. The number of ether oxygens (including phenoxy) is 1. The number of hydrogen-bond donors (Lipinski definition) is 1. The molecule has 0 bridgehead atoms. The van der Waals surface area contributed by atoms with E-state index < -0.39 is 16.1 Å². The molecule has 0 aliphatic carbocycles. The summed E-state index contributed by atoms with van der Waals surface area (Å²) in [6.45, 7) is 3.63. The molecule has 0 heterocycles. The molecule has 0 aliphatic rings. The first-order valence-electron chi connectivity index (χ1n) is 6.86. The van der Waals surface area contributed by atoms with E-state index >= 15 is 0 Å². The van der Waals surface area contributed by atoms with Gasteiger partial charge in [0, 0.05) is 6.04 Å². The summed E-state index contributed by atoms with van der Waals surface area (Å²) in [5.74, 6) is 0.686. The van der Waals surface area contributed by atoms with Gasteiger partial charge in [0.1, 0.15) is 10.6 Å². The van der Waals surface area contributed by atoms with E-state index in [-0.39, 0.29) is 9.92 Å². The Balaban J connectivity index is 2.28. The van der Waals surface area contributed by atoms with Crippen molar-refractivity contribution in [1.82, 2.24) is 4.72 Å². The Hall–Kier alpha value is -1.08. The fourth-order valence-corrected chi connectivity index (χ4v) is 4.53. The summed E-state index contributed by atoms with van der Waals surface area (Å²) in [5.41, 5.74) is 1.71. The van der Waals surface area contributed by atoms with Crippen molar-refractivity contribution in [1.29, 1.82) is 0 Å². The van der Waals surface area contributed by atoms with Crippen LogP contribution in [0.4, 0.5) is 0 Å². The highest BCUT2D eigenvalue weighted by Crippen LogP contribution is 2.29. The summed E-state index contributed by atoms with van der Waals surface area (Å²) in [6.07, 6.45) is 0. The van der Waals surface area contributed by atoms with Crippen LogP contribution in [0.25, 0.3) is 0 Å².